The molecule has 0 saturated heterocycles. The van der Waals surface area contributed by atoms with E-state index in [9.17, 15) is 14.6 Å². The molecular weight excluding hydrogens is 375 g/mol. The van der Waals surface area contributed by atoms with Crippen molar-refractivity contribution in [3.05, 3.63) is 29.1 Å². The first-order valence-corrected chi connectivity index (χ1v) is 10.3. The summed E-state index contributed by atoms with van der Waals surface area (Å²) in [5.41, 5.74) is 0.338. The first kappa shape index (κ1) is 18.9. The van der Waals surface area contributed by atoms with Crippen molar-refractivity contribution < 1.29 is 14.6 Å². The lowest BCUT2D eigenvalue weighted by molar-refractivity contribution is -0.138. The molecule has 0 radical (unpaired) electrons. The van der Waals surface area contributed by atoms with E-state index < -0.39 is 18.0 Å². The summed E-state index contributed by atoms with van der Waals surface area (Å²) >= 11 is 0. The third-order valence-electron chi connectivity index (χ3n) is 6.81. The van der Waals surface area contributed by atoms with E-state index in [0.29, 0.717) is 42.0 Å². The quantitative estimate of drug-likeness (QED) is 0.501. The molecule has 29 heavy (non-hydrogen) atoms. The maximum atomic E-state index is 14.6. The summed E-state index contributed by atoms with van der Waals surface area (Å²) in [6.07, 6.45) is 4.99. The van der Waals surface area contributed by atoms with Gasteiger partial charge in [-0.25, -0.2) is 14.4 Å². The van der Waals surface area contributed by atoms with Crippen LogP contribution in [-0.2, 0) is 13.2 Å². The van der Waals surface area contributed by atoms with Gasteiger partial charge in [0.05, 0.1) is 18.8 Å². The van der Waals surface area contributed by atoms with Gasteiger partial charge in [0, 0.05) is 17.8 Å². The van der Waals surface area contributed by atoms with Crippen LogP contribution in [-0.4, -0.2) is 42.0 Å². The molecule has 4 fully saturated rings. The lowest BCUT2D eigenvalue weighted by atomic mass is 9.52. The zero-order valence-corrected chi connectivity index (χ0v) is 16.5. The van der Waals surface area contributed by atoms with E-state index in [-0.39, 0.29) is 11.5 Å². The lowest BCUT2D eigenvalue weighted by Crippen LogP contribution is -2.60. The Morgan fingerprint density at radius 2 is 2.00 bits per heavy atom. The van der Waals surface area contributed by atoms with E-state index in [1.54, 1.807) is 6.07 Å². The molecule has 5 N–H and O–H groups in total. The van der Waals surface area contributed by atoms with Gasteiger partial charge < -0.3 is 20.8 Å². The minimum absolute atomic E-state index is 0.00624. The summed E-state index contributed by atoms with van der Waals surface area (Å²) in [5.74, 6) is 1.80. The number of aryl methyl sites for hydroxylation is 1. The number of aromatic nitrogens is 4. The van der Waals surface area contributed by atoms with Gasteiger partial charge in [0.2, 0.25) is 0 Å². The Labute approximate surface area is 168 Å². The minimum Gasteiger partial charge on any atom is -0.390 e. The fourth-order valence-electron chi connectivity index (χ4n) is 5.94. The van der Waals surface area contributed by atoms with Gasteiger partial charge in [-0.3, -0.25) is 5.10 Å². The summed E-state index contributed by atoms with van der Waals surface area (Å²) in [5, 5.41) is 33.5. The van der Waals surface area contributed by atoms with Crippen molar-refractivity contribution in [2.24, 2.45) is 17.8 Å². The normalized spacial score (nSPS) is 32.7. The Morgan fingerprint density at radius 1 is 1.24 bits per heavy atom. The van der Waals surface area contributed by atoms with Crippen LogP contribution in [0.25, 0.3) is 0 Å². The van der Waals surface area contributed by atoms with Crippen LogP contribution in [0, 0.1) is 30.5 Å². The first-order valence-electron chi connectivity index (χ1n) is 10.3. The van der Waals surface area contributed by atoms with Gasteiger partial charge in [0.1, 0.15) is 11.5 Å². The van der Waals surface area contributed by atoms with Crippen molar-refractivity contribution >= 4 is 11.6 Å². The molecular formula is C20H27FN6O2. The van der Waals surface area contributed by atoms with Crippen LogP contribution in [0.5, 0.6) is 0 Å². The zero-order valence-electron chi connectivity index (χ0n) is 16.5. The molecule has 0 aromatic carbocycles. The highest BCUT2D eigenvalue weighted by molar-refractivity contribution is 5.53. The summed E-state index contributed by atoms with van der Waals surface area (Å²) in [6, 6.07) is 2.07. The van der Waals surface area contributed by atoms with Crippen LogP contribution in [0.15, 0.2) is 6.07 Å². The molecule has 4 aliphatic carbocycles. The molecule has 4 saturated carbocycles. The zero-order chi connectivity index (χ0) is 20.2. The number of nitrogens with zero attached hydrogens (tertiary/aromatic N) is 3. The second-order valence-electron chi connectivity index (χ2n) is 9.07. The first-order chi connectivity index (χ1) is 13.9. The molecule has 9 heteroatoms. The van der Waals surface area contributed by atoms with Gasteiger partial charge in [0.25, 0.3) is 0 Å². The van der Waals surface area contributed by atoms with E-state index >= 15 is 0 Å². The lowest BCUT2D eigenvalue weighted by Gasteiger charge is -2.58. The van der Waals surface area contributed by atoms with Crippen molar-refractivity contribution in [2.45, 2.75) is 63.8 Å². The summed E-state index contributed by atoms with van der Waals surface area (Å²) < 4.78 is 14.6. The maximum absolute atomic E-state index is 14.6. The van der Waals surface area contributed by atoms with E-state index in [0.717, 1.165) is 37.8 Å². The van der Waals surface area contributed by atoms with Crippen molar-refractivity contribution in [1.29, 1.82) is 0 Å². The van der Waals surface area contributed by atoms with E-state index in [1.807, 2.05) is 6.92 Å². The molecule has 6 rings (SSSR count). The van der Waals surface area contributed by atoms with E-state index in [4.69, 9.17) is 0 Å². The second-order valence-corrected chi connectivity index (χ2v) is 9.07. The van der Waals surface area contributed by atoms with E-state index in [1.165, 1.54) is 0 Å². The number of aromatic amines is 1. The molecule has 0 spiro atoms. The molecule has 2 aromatic rings. The number of aliphatic hydroxyl groups excluding tert-OH is 1. The smallest absolute Gasteiger partial charge is 0.189 e. The number of nitrogens with one attached hydrogen (secondary N) is 3. The van der Waals surface area contributed by atoms with Crippen LogP contribution in [0.3, 0.4) is 0 Å². The fraction of sp³-hybridized carbons (Fsp3) is 0.650. The SMILES string of the molecule is Cc1cc(Nc2nc(CNC3C4CC5CC3CC(O)(C5)C4)nc(CO)c2F)n[nH]1. The molecule has 2 heterocycles. The predicted molar refractivity (Wildman–Crippen MR) is 104 cm³/mol. The van der Waals surface area contributed by atoms with Crippen LogP contribution < -0.4 is 10.6 Å². The number of anilines is 2. The van der Waals surface area contributed by atoms with Crippen LogP contribution in [0.2, 0.25) is 0 Å². The standard InChI is InChI=1S/C20H27FN6O2/c1-10-2-15(27-26-10)24-19-17(21)14(9-28)23-16(25-19)8-22-18-12-3-11-4-13(18)7-20(29,5-11)6-12/h2,11-13,18,22,28-29H,3-9H2,1H3,(H2,23,24,25,26,27). The monoisotopic (exact) mass is 402 g/mol. The largest absolute Gasteiger partial charge is 0.390 e. The molecule has 2 aromatic heterocycles. The Kier molecular flexibility index (Phi) is 4.56. The number of halogens is 1. The van der Waals surface area contributed by atoms with Gasteiger partial charge in [-0.2, -0.15) is 5.10 Å². The summed E-state index contributed by atoms with van der Waals surface area (Å²) in [6.45, 7) is 1.74. The Morgan fingerprint density at radius 3 is 2.62 bits per heavy atom. The molecule has 0 amide bonds. The summed E-state index contributed by atoms with van der Waals surface area (Å²) in [4.78, 5) is 8.52. The number of H-pyrrole nitrogens is 1. The van der Waals surface area contributed by atoms with Gasteiger partial charge in [-0.15, -0.1) is 0 Å². The number of rotatable bonds is 6. The molecule has 8 nitrogen and oxygen atoms in total. The average Bonchev–Trinajstić information content (AvgIpc) is 3.07. The van der Waals surface area contributed by atoms with E-state index in [2.05, 4.69) is 30.8 Å². The summed E-state index contributed by atoms with van der Waals surface area (Å²) in [7, 11) is 0. The Hall–Kier alpha value is -2.10. The second kappa shape index (κ2) is 7.00. The highest BCUT2D eigenvalue weighted by Gasteiger charge is 2.54. The highest BCUT2D eigenvalue weighted by Crippen LogP contribution is 2.55. The van der Waals surface area contributed by atoms with Gasteiger partial charge in [-0.1, -0.05) is 0 Å². The molecule has 2 atom stereocenters. The fourth-order valence-corrected chi connectivity index (χ4v) is 5.94. The van der Waals surface area contributed by atoms with Crippen molar-refractivity contribution in [3.8, 4) is 0 Å². The third-order valence-corrected chi connectivity index (χ3v) is 6.81. The molecule has 0 aliphatic heterocycles. The number of hydrogen-bond donors (Lipinski definition) is 5. The Balaban J connectivity index is 1.33. The predicted octanol–water partition coefficient (Wildman–Crippen LogP) is 1.91. The van der Waals surface area contributed by atoms with Crippen LogP contribution in [0.4, 0.5) is 16.0 Å². The van der Waals surface area contributed by atoms with Gasteiger partial charge in [0.15, 0.2) is 17.5 Å². The molecule has 156 valence electrons. The third kappa shape index (κ3) is 3.51. The highest BCUT2D eigenvalue weighted by atomic mass is 19.1. The van der Waals surface area contributed by atoms with Crippen LogP contribution >= 0.6 is 0 Å². The maximum Gasteiger partial charge on any atom is 0.189 e. The van der Waals surface area contributed by atoms with Crippen molar-refractivity contribution in [1.82, 2.24) is 25.5 Å². The molecule has 4 bridgehead atoms. The number of hydrogen-bond acceptors (Lipinski definition) is 7. The Bertz CT molecular complexity index is 902. The molecule has 4 aliphatic rings. The van der Waals surface area contributed by atoms with Gasteiger partial charge >= 0.3 is 0 Å². The van der Waals surface area contributed by atoms with Crippen molar-refractivity contribution in [3.63, 3.8) is 0 Å². The topological polar surface area (TPSA) is 119 Å². The van der Waals surface area contributed by atoms with Crippen LogP contribution in [0.1, 0.15) is 49.3 Å². The number of aliphatic hydroxyl groups is 2. The van der Waals surface area contributed by atoms with Crippen molar-refractivity contribution in [2.75, 3.05) is 5.32 Å². The average molecular weight is 402 g/mol. The minimum atomic E-state index is -0.672. The molecule has 2 unspecified atom stereocenters. The van der Waals surface area contributed by atoms with Gasteiger partial charge in [-0.05, 0) is 56.8 Å².